The van der Waals surface area contributed by atoms with Gasteiger partial charge < -0.3 is 9.47 Å². The fourth-order valence-corrected chi connectivity index (χ4v) is 2.60. The van der Waals surface area contributed by atoms with Gasteiger partial charge in [-0.25, -0.2) is 4.79 Å². The number of hydrogen-bond donors (Lipinski definition) is 0. The van der Waals surface area contributed by atoms with Crippen molar-refractivity contribution in [1.29, 1.82) is 0 Å². The molecule has 0 aromatic heterocycles. The minimum atomic E-state index is -0.457. The normalized spacial score (nSPS) is 24.4. The van der Waals surface area contributed by atoms with Gasteiger partial charge in [0, 0.05) is 0 Å². The van der Waals surface area contributed by atoms with Crippen molar-refractivity contribution in [3.63, 3.8) is 0 Å². The molecule has 110 valence electrons. The molecule has 0 aliphatic carbocycles. The molecule has 1 aromatic rings. The maximum absolute atomic E-state index is 12.0. The van der Waals surface area contributed by atoms with Crippen LogP contribution in [0.25, 0.3) is 0 Å². The van der Waals surface area contributed by atoms with Crippen LogP contribution in [0.1, 0.15) is 51.5 Å². The first kappa shape index (κ1) is 15.0. The lowest BCUT2D eigenvalue weighted by Gasteiger charge is -2.10. The highest BCUT2D eigenvalue weighted by Gasteiger charge is 2.61. The van der Waals surface area contributed by atoms with E-state index in [0.717, 1.165) is 24.8 Å². The Morgan fingerprint density at radius 2 is 1.95 bits per heavy atom. The lowest BCUT2D eigenvalue weighted by molar-refractivity contribution is -0.145. The van der Waals surface area contributed by atoms with Gasteiger partial charge in [0.2, 0.25) is 0 Å². The third-order valence-corrected chi connectivity index (χ3v) is 3.94. The fourth-order valence-electron chi connectivity index (χ4n) is 2.60. The first-order chi connectivity index (χ1) is 9.74. The van der Waals surface area contributed by atoms with E-state index >= 15 is 0 Å². The van der Waals surface area contributed by atoms with Crippen LogP contribution in [0.4, 0.5) is 0 Å². The highest BCUT2D eigenvalue weighted by Crippen LogP contribution is 2.49. The molecular weight excluding hydrogens is 252 g/mol. The summed E-state index contributed by atoms with van der Waals surface area (Å²) in [4.78, 5) is 12.0. The summed E-state index contributed by atoms with van der Waals surface area (Å²) < 4.78 is 11.0. The van der Waals surface area contributed by atoms with Crippen LogP contribution in [0.3, 0.4) is 0 Å². The van der Waals surface area contributed by atoms with E-state index in [1.165, 1.54) is 12.8 Å². The van der Waals surface area contributed by atoms with Gasteiger partial charge in [-0.2, -0.15) is 0 Å². The predicted molar refractivity (Wildman–Crippen MR) is 78.4 cm³/mol. The van der Waals surface area contributed by atoms with Gasteiger partial charge in [-0.1, -0.05) is 63.4 Å². The lowest BCUT2D eigenvalue weighted by atomic mass is 9.93. The summed E-state index contributed by atoms with van der Waals surface area (Å²) in [5.41, 5.74) is 0.609. The summed E-state index contributed by atoms with van der Waals surface area (Å²) in [6, 6.07) is 9.94. The third kappa shape index (κ3) is 3.21. The van der Waals surface area contributed by atoms with Gasteiger partial charge in [0.05, 0.1) is 6.61 Å². The molecule has 1 aromatic carbocycles. The molecule has 0 spiro atoms. The Balaban J connectivity index is 1.84. The molecule has 2 atom stereocenters. The van der Waals surface area contributed by atoms with E-state index in [2.05, 4.69) is 6.92 Å². The number of esters is 1. The van der Waals surface area contributed by atoms with Crippen molar-refractivity contribution < 1.29 is 14.3 Å². The SMILES string of the molecule is CCCCCCOC(=O)[C@H]1O[C@@]1(CC)c1ccccc1. The van der Waals surface area contributed by atoms with Crippen molar-refractivity contribution in [3.05, 3.63) is 35.9 Å². The Hall–Kier alpha value is -1.35. The van der Waals surface area contributed by atoms with Crippen LogP contribution in [0, 0.1) is 0 Å². The Morgan fingerprint density at radius 1 is 1.20 bits per heavy atom. The van der Waals surface area contributed by atoms with E-state index < -0.39 is 11.7 Å². The molecule has 1 aliphatic rings. The van der Waals surface area contributed by atoms with E-state index in [-0.39, 0.29) is 5.97 Å². The maximum Gasteiger partial charge on any atom is 0.338 e. The number of unbranched alkanes of at least 4 members (excludes halogenated alkanes) is 3. The second-order valence-electron chi connectivity index (χ2n) is 5.34. The van der Waals surface area contributed by atoms with Crippen molar-refractivity contribution in [2.75, 3.05) is 6.61 Å². The smallest absolute Gasteiger partial charge is 0.338 e. The van der Waals surface area contributed by atoms with Crippen molar-refractivity contribution in [1.82, 2.24) is 0 Å². The summed E-state index contributed by atoms with van der Waals surface area (Å²) >= 11 is 0. The number of benzene rings is 1. The average Bonchev–Trinajstić information content (AvgIpc) is 3.24. The number of ether oxygens (including phenoxy) is 2. The first-order valence-electron chi connectivity index (χ1n) is 7.64. The molecule has 0 bridgehead atoms. The zero-order valence-corrected chi connectivity index (χ0v) is 12.4. The summed E-state index contributed by atoms with van der Waals surface area (Å²) in [6.07, 6.45) is 4.80. The number of carbonyl (C=O) groups excluding carboxylic acids is 1. The van der Waals surface area contributed by atoms with Gasteiger partial charge in [0.25, 0.3) is 0 Å². The molecule has 2 rings (SSSR count). The minimum Gasteiger partial charge on any atom is -0.464 e. The molecule has 1 heterocycles. The maximum atomic E-state index is 12.0. The van der Waals surface area contributed by atoms with Crippen LogP contribution in [0.5, 0.6) is 0 Å². The van der Waals surface area contributed by atoms with E-state index in [1.807, 2.05) is 37.3 Å². The van der Waals surface area contributed by atoms with E-state index in [9.17, 15) is 4.79 Å². The Kier molecular flexibility index (Phi) is 5.18. The molecule has 0 saturated carbocycles. The van der Waals surface area contributed by atoms with Crippen LogP contribution in [0.2, 0.25) is 0 Å². The van der Waals surface area contributed by atoms with Gasteiger partial charge in [-0.05, 0) is 18.4 Å². The van der Waals surface area contributed by atoms with Gasteiger partial charge >= 0.3 is 5.97 Å². The quantitative estimate of drug-likeness (QED) is 0.411. The summed E-state index contributed by atoms with van der Waals surface area (Å²) in [6.45, 7) is 4.72. The zero-order valence-electron chi connectivity index (χ0n) is 12.4. The van der Waals surface area contributed by atoms with Gasteiger partial charge in [-0.3, -0.25) is 0 Å². The van der Waals surface area contributed by atoms with E-state index in [4.69, 9.17) is 9.47 Å². The van der Waals surface area contributed by atoms with Crippen molar-refractivity contribution in [2.24, 2.45) is 0 Å². The molecule has 0 unspecified atom stereocenters. The van der Waals surface area contributed by atoms with Crippen LogP contribution < -0.4 is 0 Å². The highest BCUT2D eigenvalue weighted by atomic mass is 16.7. The Morgan fingerprint density at radius 3 is 2.60 bits per heavy atom. The van der Waals surface area contributed by atoms with Crippen molar-refractivity contribution in [2.45, 2.75) is 57.7 Å². The summed E-state index contributed by atoms with van der Waals surface area (Å²) in [7, 11) is 0. The first-order valence-corrected chi connectivity index (χ1v) is 7.64. The molecule has 20 heavy (non-hydrogen) atoms. The molecule has 1 fully saturated rings. The molecule has 3 nitrogen and oxygen atoms in total. The van der Waals surface area contributed by atoms with E-state index in [1.54, 1.807) is 0 Å². The number of hydrogen-bond acceptors (Lipinski definition) is 3. The molecule has 3 heteroatoms. The largest absolute Gasteiger partial charge is 0.464 e. The van der Waals surface area contributed by atoms with Crippen LogP contribution in [0.15, 0.2) is 30.3 Å². The number of rotatable bonds is 8. The second-order valence-corrected chi connectivity index (χ2v) is 5.34. The molecule has 0 amide bonds. The van der Waals surface area contributed by atoms with Crippen molar-refractivity contribution >= 4 is 5.97 Å². The standard InChI is InChI=1S/C17H24O3/c1-3-5-6-10-13-19-16(18)15-17(4-2,20-15)14-11-8-7-9-12-14/h7-9,11-12,15H,3-6,10,13H2,1-2H3/t15-,17+/m1/s1. The second kappa shape index (κ2) is 6.89. The minimum absolute atomic E-state index is 0.216. The Bertz CT molecular complexity index is 429. The van der Waals surface area contributed by atoms with Crippen LogP contribution >= 0.6 is 0 Å². The highest BCUT2D eigenvalue weighted by molar-refractivity contribution is 5.80. The summed E-state index contributed by atoms with van der Waals surface area (Å²) in [5.74, 6) is -0.216. The number of epoxide rings is 1. The zero-order chi connectivity index (χ0) is 14.4. The lowest BCUT2D eigenvalue weighted by Crippen LogP contribution is -2.21. The average molecular weight is 276 g/mol. The topological polar surface area (TPSA) is 38.8 Å². The molecular formula is C17H24O3. The van der Waals surface area contributed by atoms with Crippen molar-refractivity contribution in [3.8, 4) is 0 Å². The van der Waals surface area contributed by atoms with Gasteiger partial charge in [-0.15, -0.1) is 0 Å². The number of carbonyl (C=O) groups is 1. The van der Waals surface area contributed by atoms with E-state index in [0.29, 0.717) is 6.61 Å². The van der Waals surface area contributed by atoms with Crippen LogP contribution in [-0.4, -0.2) is 18.7 Å². The molecule has 0 radical (unpaired) electrons. The predicted octanol–water partition coefficient (Wildman–Crippen LogP) is 3.81. The third-order valence-electron chi connectivity index (χ3n) is 3.94. The fraction of sp³-hybridized carbons (Fsp3) is 0.588. The monoisotopic (exact) mass is 276 g/mol. The molecule has 1 aliphatic heterocycles. The van der Waals surface area contributed by atoms with Crippen LogP contribution in [-0.2, 0) is 19.9 Å². The summed E-state index contributed by atoms with van der Waals surface area (Å²) in [5, 5.41) is 0. The Labute approximate surface area is 121 Å². The molecule has 0 N–H and O–H groups in total. The van der Waals surface area contributed by atoms with Gasteiger partial charge in [0.1, 0.15) is 5.60 Å². The molecule has 1 saturated heterocycles. The van der Waals surface area contributed by atoms with Gasteiger partial charge in [0.15, 0.2) is 6.10 Å².